The Labute approximate surface area is 220 Å². The summed E-state index contributed by atoms with van der Waals surface area (Å²) in [4.78, 5) is 0. The molecular weight excluding hydrogens is 444 g/mol. The zero-order valence-electron chi connectivity index (χ0n) is 22.9. The molecule has 3 nitrogen and oxygen atoms in total. The van der Waals surface area contributed by atoms with Gasteiger partial charge in [-0.3, -0.25) is 0 Å². The van der Waals surface area contributed by atoms with Crippen molar-refractivity contribution in [1.29, 1.82) is 0 Å². The number of benzene rings is 2. The van der Waals surface area contributed by atoms with Crippen LogP contribution in [0, 0.1) is 5.92 Å². The van der Waals surface area contributed by atoms with Gasteiger partial charge in [0.1, 0.15) is 5.75 Å². The third kappa shape index (κ3) is 10.1. The molecule has 2 aromatic carbocycles. The van der Waals surface area contributed by atoms with Gasteiger partial charge in [-0.25, -0.2) is 0 Å². The molecule has 0 saturated carbocycles. The number of rotatable bonds is 16. The van der Waals surface area contributed by atoms with Crippen LogP contribution in [0.4, 0.5) is 0 Å². The average Bonchev–Trinajstić information content (AvgIpc) is 2.91. The molecule has 36 heavy (non-hydrogen) atoms. The molecule has 0 unspecified atom stereocenters. The minimum Gasteiger partial charge on any atom is -0.491 e. The van der Waals surface area contributed by atoms with Crippen molar-refractivity contribution < 1.29 is 14.2 Å². The van der Waals surface area contributed by atoms with Gasteiger partial charge in [0.05, 0.1) is 19.3 Å². The van der Waals surface area contributed by atoms with E-state index in [-0.39, 0.29) is 12.4 Å². The van der Waals surface area contributed by atoms with Crippen molar-refractivity contribution in [2.45, 2.75) is 104 Å². The van der Waals surface area contributed by atoms with Gasteiger partial charge >= 0.3 is 0 Å². The van der Waals surface area contributed by atoms with Gasteiger partial charge in [-0.15, -0.1) is 0 Å². The quantitative estimate of drug-likeness (QED) is 0.172. The first-order valence-electron chi connectivity index (χ1n) is 14.4. The number of unbranched alkanes of at least 4 members (excludes halogenated alkanes) is 6. The summed E-state index contributed by atoms with van der Waals surface area (Å²) in [5.74, 6) is 1.47. The van der Waals surface area contributed by atoms with Gasteiger partial charge < -0.3 is 14.2 Å². The molecule has 0 aromatic heterocycles. The third-order valence-corrected chi connectivity index (χ3v) is 7.02. The largest absolute Gasteiger partial charge is 0.491 e. The number of ether oxygens (including phenoxy) is 3. The summed E-state index contributed by atoms with van der Waals surface area (Å²) in [6.07, 6.45) is 18.2. The monoisotopic (exact) mass is 492 g/mol. The van der Waals surface area contributed by atoms with E-state index in [0.717, 1.165) is 37.4 Å². The van der Waals surface area contributed by atoms with Crippen LogP contribution in [0.15, 0.2) is 60.7 Å². The van der Waals surface area contributed by atoms with E-state index in [9.17, 15) is 0 Å². The third-order valence-electron chi connectivity index (χ3n) is 7.02. The van der Waals surface area contributed by atoms with Gasteiger partial charge in [0.15, 0.2) is 6.29 Å². The fraction of sp³-hybridized carbons (Fsp3) is 0.576. The Hall–Kier alpha value is -2.10. The Morgan fingerprint density at radius 1 is 0.806 bits per heavy atom. The summed E-state index contributed by atoms with van der Waals surface area (Å²) in [6.45, 7) is 8.19. The highest BCUT2D eigenvalue weighted by Crippen LogP contribution is 2.30. The molecule has 0 amide bonds. The maximum atomic E-state index is 6.11. The van der Waals surface area contributed by atoms with Crippen LogP contribution in [0.5, 0.6) is 5.75 Å². The van der Waals surface area contributed by atoms with Gasteiger partial charge in [-0.05, 0) is 68.7 Å². The minimum absolute atomic E-state index is 0.246. The van der Waals surface area contributed by atoms with Gasteiger partial charge in [0, 0.05) is 11.5 Å². The van der Waals surface area contributed by atoms with Crippen LogP contribution in [0.25, 0.3) is 11.1 Å². The first kappa shape index (κ1) is 28.5. The second kappa shape index (κ2) is 16.6. The molecule has 0 spiro atoms. The molecule has 3 heteroatoms. The number of allylic oxidation sites excluding steroid dienone is 2. The Balaban J connectivity index is 1.38. The smallest absolute Gasteiger partial charge is 0.183 e. The predicted octanol–water partition coefficient (Wildman–Crippen LogP) is 9.67. The molecule has 0 radical (unpaired) electrons. The van der Waals surface area contributed by atoms with E-state index in [1.54, 1.807) is 0 Å². The molecule has 1 aliphatic heterocycles. The first-order valence-corrected chi connectivity index (χ1v) is 14.4. The highest BCUT2D eigenvalue weighted by Gasteiger charge is 2.23. The predicted molar refractivity (Wildman–Crippen MR) is 151 cm³/mol. The molecule has 0 aliphatic carbocycles. The highest BCUT2D eigenvalue weighted by molar-refractivity contribution is 5.64. The highest BCUT2D eigenvalue weighted by atomic mass is 16.7. The van der Waals surface area contributed by atoms with Gasteiger partial charge in [0.2, 0.25) is 0 Å². The SMILES string of the molecule is CCC=CCCCCCC1COC(c2ccc(-c3ccc(O[C@@H](C)CCCCCC)cc3)cc2)OC1. The van der Waals surface area contributed by atoms with Gasteiger partial charge in [-0.1, -0.05) is 94.5 Å². The van der Waals surface area contributed by atoms with Gasteiger partial charge in [-0.2, -0.15) is 0 Å². The first-order chi connectivity index (χ1) is 17.7. The molecule has 1 aliphatic rings. The van der Waals surface area contributed by atoms with E-state index >= 15 is 0 Å². The van der Waals surface area contributed by atoms with E-state index in [0.29, 0.717) is 5.92 Å². The lowest BCUT2D eigenvalue weighted by atomic mass is 10.0. The van der Waals surface area contributed by atoms with Crippen LogP contribution in [-0.2, 0) is 9.47 Å². The maximum Gasteiger partial charge on any atom is 0.183 e. The van der Waals surface area contributed by atoms with Crippen molar-refractivity contribution in [3.05, 3.63) is 66.2 Å². The normalized spacial score (nSPS) is 19.0. The van der Waals surface area contributed by atoms with E-state index in [2.05, 4.69) is 81.5 Å². The molecule has 1 fully saturated rings. The van der Waals surface area contributed by atoms with Crippen molar-refractivity contribution in [2.75, 3.05) is 13.2 Å². The van der Waals surface area contributed by atoms with Crippen molar-refractivity contribution in [2.24, 2.45) is 5.92 Å². The topological polar surface area (TPSA) is 27.7 Å². The summed E-state index contributed by atoms with van der Waals surface area (Å²) in [7, 11) is 0. The zero-order valence-corrected chi connectivity index (χ0v) is 22.9. The molecule has 0 N–H and O–H groups in total. The van der Waals surface area contributed by atoms with Crippen molar-refractivity contribution in [1.82, 2.24) is 0 Å². The molecule has 2 aromatic rings. The van der Waals surface area contributed by atoms with Crippen LogP contribution in [0.1, 0.15) is 103 Å². The molecule has 198 valence electrons. The van der Waals surface area contributed by atoms with E-state index < -0.39 is 0 Å². The van der Waals surface area contributed by atoms with Crippen molar-refractivity contribution in [3.63, 3.8) is 0 Å². The Morgan fingerprint density at radius 3 is 2.14 bits per heavy atom. The maximum absolute atomic E-state index is 6.11. The van der Waals surface area contributed by atoms with Crippen molar-refractivity contribution in [3.8, 4) is 16.9 Å². The molecule has 1 heterocycles. The summed E-state index contributed by atoms with van der Waals surface area (Å²) in [6, 6.07) is 17.0. The second-order valence-electron chi connectivity index (χ2n) is 10.3. The van der Waals surface area contributed by atoms with Crippen LogP contribution in [0.2, 0.25) is 0 Å². The Bertz CT molecular complexity index is 848. The lowest BCUT2D eigenvalue weighted by Gasteiger charge is -2.29. The zero-order chi connectivity index (χ0) is 25.4. The fourth-order valence-electron chi connectivity index (χ4n) is 4.77. The summed E-state index contributed by atoms with van der Waals surface area (Å²) in [5.41, 5.74) is 3.48. The summed E-state index contributed by atoms with van der Waals surface area (Å²) >= 11 is 0. The lowest BCUT2D eigenvalue weighted by molar-refractivity contribution is -0.206. The minimum atomic E-state index is -0.246. The fourth-order valence-corrected chi connectivity index (χ4v) is 4.77. The van der Waals surface area contributed by atoms with Crippen molar-refractivity contribution >= 4 is 0 Å². The lowest BCUT2D eigenvalue weighted by Crippen LogP contribution is -2.27. The standard InChI is InChI=1S/C33H48O3/c1-4-6-8-10-11-12-14-16-28-25-34-33(35-26-28)31-19-17-29(18-20-31)30-21-23-32(24-22-30)36-27(3)15-13-9-7-5-2/h6,8,17-24,27-28,33H,4-5,7,9-16,25-26H2,1-3H3/t27-,28?,33?/m0/s1. The van der Waals surface area contributed by atoms with E-state index in [1.165, 1.54) is 68.9 Å². The Kier molecular flexibility index (Phi) is 13.1. The number of hydrogen-bond donors (Lipinski definition) is 0. The molecule has 0 bridgehead atoms. The van der Waals surface area contributed by atoms with Crippen LogP contribution in [0.3, 0.4) is 0 Å². The second-order valence-corrected chi connectivity index (χ2v) is 10.3. The summed E-state index contributed by atoms with van der Waals surface area (Å²) in [5, 5.41) is 0. The number of hydrogen-bond acceptors (Lipinski definition) is 3. The van der Waals surface area contributed by atoms with Gasteiger partial charge in [0.25, 0.3) is 0 Å². The molecule has 1 saturated heterocycles. The average molecular weight is 493 g/mol. The summed E-state index contributed by atoms with van der Waals surface area (Å²) < 4.78 is 18.3. The van der Waals surface area contributed by atoms with Crippen LogP contribution in [-0.4, -0.2) is 19.3 Å². The molecule has 1 atom stereocenters. The molecule has 3 rings (SSSR count). The Morgan fingerprint density at radius 2 is 1.47 bits per heavy atom. The van der Waals surface area contributed by atoms with Crippen LogP contribution < -0.4 is 4.74 Å². The van der Waals surface area contributed by atoms with Crippen LogP contribution >= 0.6 is 0 Å². The molecular formula is C33H48O3. The van der Waals surface area contributed by atoms with E-state index in [1.807, 2.05) is 0 Å². The van der Waals surface area contributed by atoms with E-state index in [4.69, 9.17) is 14.2 Å².